The van der Waals surface area contributed by atoms with Crippen LogP contribution >= 0.6 is 0 Å². The Kier molecular flexibility index (Phi) is 3.35. The maximum absolute atomic E-state index is 4.81. The van der Waals surface area contributed by atoms with E-state index < -0.39 is 0 Å². The third-order valence-electron chi connectivity index (χ3n) is 1.48. The summed E-state index contributed by atoms with van der Waals surface area (Å²) in [6.45, 7) is 3.66. The van der Waals surface area contributed by atoms with Gasteiger partial charge in [-0.2, -0.15) is 4.89 Å². The van der Waals surface area contributed by atoms with Crippen molar-refractivity contribution in [3.8, 4) is 5.75 Å². The Morgan fingerprint density at radius 2 is 2.00 bits per heavy atom. The topological polar surface area (TPSA) is 18.5 Å². The van der Waals surface area contributed by atoms with Crippen LogP contribution in [0.25, 0.3) is 0 Å². The van der Waals surface area contributed by atoms with E-state index in [9.17, 15) is 0 Å². The molecule has 0 atom stereocenters. The molecule has 0 aromatic heterocycles. The zero-order chi connectivity index (χ0) is 8.81. The van der Waals surface area contributed by atoms with Crippen LogP contribution in [0.15, 0.2) is 36.9 Å². The molecule has 0 amide bonds. The minimum absolute atomic E-state index is 0.713. The summed E-state index contributed by atoms with van der Waals surface area (Å²) in [5.41, 5.74) is 1.22. The first-order valence-corrected chi connectivity index (χ1v) is 3.77. The predicted molar refractivity (Wildman–Crippen MR) is 48.0 cm³/mol. The van der Waals surface area contributed by atoms with Crippen molar-refractivity contribution in [2.75, 3.05) is 7.11 Å². The fraction of sp³-hybridized carbons (Fsp3) is 0.200. The Balaban J connectivity index is 2.64. The molecule has 0 aliphatic rings. The molecule has 0 saturated carbocycles. The van der Waals surface area contributed by atoms with E-state index in [1.54, 1.807) is 0 Å². The Morgan fingerprint density at radius 1 is 1.33 bits per heavy atom. The maximum atomic E-state index is 4.81. The SMILES string of the molecule is C=CCc1ccc(OOC)cc1. The molecule has 1 rings (SSSR count). The molecule has 1 aromatic carbocycles. The summed E-state index contributed by atoms with van der Waals surface area (Å²) in [6, 6.07) is 7.69. The van der Waals surface area contributed by atoms with E-state index in [1.807, 2.05) is 30.3 Å². The minimum atomic E-state index is 0.713. The Hall–Kier alpha value is -1.28. The van der Waals surface area contributed by atoms with E-state index >= 15 is 0 Å². The van der Waals surface area contributed by atoms with E-state index in [-0.39, 0.29) is 0 Å². The van der Waals surface area contributed by atoms with Crippen LogP contribution in [0.1, 0.15) is 5.56 Å². The number of allylic oxidation sites excluding steroid dienone is 1. The van der Waals surface area contributed by atoms with Crippen LogP contribution in [0.5, 0.6) is 5.75 Å². The molecule has 0 saturated heterocycles. The molecule has 2 heteroatoms. The maximum Gasteiger partial charge on any atom is 0.165 e. The van der Waals surface area contributed by atoms with Crippen molar-refractivity contribution in [3.05, 3.63) is 42.5 Å². The van der Waals surface area contributed by atoms with Crippen molar-refractivity contribution in [2.24, 2.45) is 0 Å². The molecule has 0 bridgehead atoms. The van der Waals surface area contributed by atoms with Gasteiger partial charge >= 0.3 is 0 Å². The van der Waals surface area contributed by atoms with Crippen LogP contribution in [0.4, 0.5) is 0 Å². The highest BCUT2D eigenvalue weighted by atomic mass is 17.2. The van der Waals surface area contributed by atoms with Crippen molar-refractivity contribution in [1.29, 1.82) is 0 Å². The smallest absolute Gasteiger partial charge is 0.165 e. The molecule has 12 heavy (non-hydrogen) atoms. The van der Waals surface area contributed by atoms with Gasteiger partial charge in [0, 0.05) is 0 Å². The normalized spacial score (nSPS) is 9.42. The van der Waals surface area contributed by atoms with Crippen LogP contribution in [0.2, 0.25) is 0 Å². The molecule has 64 valence electrons. The summed E-state index contributed by atoms with van der Waals surface area (Å²) in [5.74, 6) is 0.713. The summed E-state index contributed by atoms with van der Waals surface area (Å²) < 4.78 is 0. The van der Waals surface area contributed by atoms with Crippen molar-refractivity contribution < 1.29 is 9.78 Å². The Labute approximate surface area is 72.4 Å². The number of hydrogen-bond donors (Lipinski definition) is 0. The second kappa shape index (κ2) is 4.57. The van der Waals surface area contributed by atoms with Gasteiger partial charge in [-0.1, -0.05) is 18.2 Å². The summed E-state index contributed by atoms with van der Waals surface area (Å²) in [4.78, 5) is 9.32. The minimum Gasteiger partial charge on any atom is -0.338 e. The first-order chi connectivity index (χ1) is 5.86. The Morgan fingerprint density at radius 3 is 2.50 bits per heavy atom. The lowest BCUT2D eigenvalue weighted by atomic mass is 10.1. The molecular formula is C10H12O2. The lowest BCUT2D eigenvalue weighted by Gasteiger charge is -2.00. The molecule has 1 aromatic rings. The third-order valence-corrected chi connectivity index (χ3v) is 1.48. The average Bonchev–Trinajstić information content (AvgIpc) is 2.09. The first-order valence-electron chi connectivity index (χ1n) is 3.77. The van der Waals surface area contributed by atoms with E-state index in [2.05, 4.69) is 11.5 Å². The van der Waals surface area contributed by atoms with Gasteiger partial charge in [0.25, 0.3) is 0 Å². The van der Waals surface area contributed by atoms with Gasteiger partial charge in [-0.15, -0.1) is 6.58 Å². The fourth-order valence-electron chi connectivity index (χ4n) is 0.944. The highest BCUT2D eigenvalue weighted by Gasteiger charge is 1.92. The first kappa shape index (κ1) is 8.81. The van der Waals surface area contributed by atoms with E-state index in [0.29, 0.717) is 5.75 Å². The van der Waals surface area contributed by atoms with Gasteiger partial charge in [0.05, 0.1) is 7.11 Å². The monoisotopic (exact) mass is 164 g/mol. The zero-order valence-electron chi connectivity index (χ0n) is 7.12. The third kappa shape index (κ3) is 2.40. The van der Waals surface area contributed by atoms with Crippen LogP contribution in [-0.2, 0) is 11.3 Å². The van der Waals surface area contributed by atoms with Gasteiger partial charge in [0.1, 0.15) is 0 Å². The highest BCUT2D eigenvalue weighted by molar-refractivity contribution is 5.27. The van der Waals surface area contributed by atoms with E-state index in [1.165, 1.54) is 12.7 Å². The van der Waals surface area contributed by atoms with Crippen LogP contribution < -0.4 is 4.89 Å². The van der Waals surface area contributed by atoms with Gasteiger partial charge in [0.15, 0.2) is 5.75 Å². The van der Waals surface area contributed by atoms with Crippen molar-refractivity contribution in [2.45, 2.75) is 6.42 Å². The van der Waals surface area contributed by atoms with Crippen LogP contribution in [-0.4, -0.2) is 7.11 Å². The van der Waals surface area contributed by atoms with E-state index in [4.69, 9.17) is 4.89 Å². The zero-order valence-corrected chi connectivity index (χ0v) is 7.12. The summed E-state index contributed by atoms with van der Waals surface area (Å²) in [6.07, 6.45) is 2.75. The summed E-state index contributed by atoms with van der Waals surface area (Å²) in [5, 5.41) is 0. The molecule has 0 spiro atoms. The predicted octanol–water partition coefficient (Wildman–Crippen LogP) is 2.36. The van der Waals surface area contributed by atoms with E-state index in [0.717, 1.165) is 6.42 Å². The van der Waals surface area contributed by atoms with Crippen molar-refractivity contribution in [3.63, 3.8) is 0 Å². The molecule has 0 aliphatic heterocycles. The summed E-state index contributed by atoms with van der Waals surface area (Å²) in [7, 11) is 1.48. The molecule has 0 heterocycles. The molecule has 0 N–H and O–H groups in total. The van der Waals surface area contributed by atoms with Crippen LogP contribution in [0.3, 0.4) is 0 Å². The molecule has 0 fully saturated rings. The number of rotatable bonds is 4. The summed E-state index contributed by atoms with van der Waals surface area (Å²) >= 11 is 0. The van der Waals surface area contributed by atoms with Gasteiger partial charge in [0.2, 0.25) is 0 Å². The molecular weight excluding hydrogens is 152 g/mol. The second-order valence-electron chi connectivity index (χ2n) is 2.39. The largest absolute Gasteiger partial charge is 0.338 e. The molecule has 2 nitrogen and oxygen atoms in total. The highest BCUT2D eigenvalue weighted by Crippen LogP contribution is 2.12. The molecule has 0 aliphatic carbocycles. The quantitative estimate of drug-likeness (QED) is 0.386. The number of benzene rings is 1. The molecule has 0 radical (unpaired) electrons. The van der Waals surface area contributed by atoms with Gasteiger partial charge in [-0.25, -0.2) is 0 Å². The lowest BCUT2D eigenvalue weighted by Crippen LogP contribution is -1.90. The second-order valence-corrected chi connectivity index (χ2v) is 2.39. The van der Waals surface area contributed by atoms with Crippen molar-refractivity contribution >= 4 is 0 Å². The lowest BCUT2D eigenvalue weighted by molar-refractivity contribution is -0.178. The molecule has 0 unspecified atom stereocenters. The fourth-order valence-corrected chi connectivity index (χ4v) is 0.944. The Bertz CT molecular complexity index is 239. The van der Waals surface area contributed by atoms with Gasteiger partial charge in [-0.05, 0) is 24.1 Å². The van der Waals surface area contributed by atoms with Crippen molar-refractivity contribution in [1.82, 2.24) is 0 Å². The van der Waals surface area contributed by atoms with Gasteiger partial charge < -0.3 is 4.89 Å². The number of hydrogen-bond acceptors (Lipinski definition) is 2. The average molecular weight is 164 g/mol. The van der Waals surface area contributed by atoms with Crippen LogP contribution in [0, 0.1) is 0 Å². The standard InChI is InChI=1S/C10H12O2/c1-3-4-9-5-7-10(8-6-9)12-11-2/h3,5-8H,1,4H2,2H3. The van der Waals surface area contributed by atoms with Gasteiger partial charge in [-0.3, -0.25) is 0 Å².